The van der Waals surface area contributed by atoms with Gasteiger partial charge in [0, 0.05) is 30.7 Å². The lowest BCUT2D eigenvalue weighted by Crippen LogP contribution is -2.05. The van der Waals surface area contributed by atoms with Crippen molar-refractivity contribution in [3.63, 3.8) is 0 Å². The summed E-state index contributed by atoms with van der Waals surface area (Å²) in [5, 5.41) is 10.4. The van der Waals surface area contributed by atoms with E-state index in [-0.39, 0.29) is 0 Å². The van der Waals surface area contributed by atoms with Crippen LogP contribution < -0.4 is 0 Å². The van der Waals surface area contributed by atoms with E-state index in [1.807, 2.05) is 22.9 Å². The quantitative estimate of drug-likeness (QED) is 0.385. The number of aliphatic imine (C=N–C) groups is 1. The summed E-state index contributed by atoms with van der Waals surface area (Å²) in [4.78, 5) is 11.4. The molecule has 0 radical (unpaired) electrons. The number of H-pyrrole nitrogens is 1. The molecule has 0 saturated carbocycles. The summed E-state index contributed by atoms with van der Waals surface area (Å²) in [6.45, 7) is 0.548. The smallest absolute Gasteiger partial charge is 0.336 e. The number of hydrogen-bond donors (Lipinski definition) is 1. The monoisotopic (exact) mass is 411 g/mol. The average Bonchev–Trinajstić information content (AvgIpc) is 3.43. The standard InChI is InChI=1S/C20H16F3N7/c21-20(22,23)26-10-16-4-2-1-3-14(16)6-8-30-12-19(25-13-30)17-9-15(5-7-24-17)18-11-27-29-28-18/h1-5,7,9-13H,6,8H2,(H,27,28,29)/b26-10+. The van der Waals surface area contributed by atoms with Crippen LogP contribution >= 0.6 is 0 Å². The summed E-state index contributed by atoms with van der Waals surface area (Å²) in [6.07, 6.45) is 3.62. The number of hydrogen-bond acceptors (Lipinski definition) is 5. The molecule has 152 valence electrons. The SMILES string of the molecule is FC(F)(F)/N=C/c1ccccc1CCn1cnc(-c2cc(-c3cn[nH]n3)ccn2)c1. The second-order valence-corrected chi connectivity index (χ2v) is 6.46. The van der Waals surface area contributed by atoms with Gasteiger partial charge in [-0.2, -0.15) is 20.4 Å². The number of aromatic nitrogens is 6. The number of halogens is 3. The van der Waals surface area contributed by atoms with E-state index in [2.05, 4.69) is 30.4 Å². The number of rotatable bonds is 6. The number of aryl methyl sites for hydroxylation is 2. The van der Waals surface area contributed by atoms with Crippen LogP contribution in [0.4, 0.5) is 13.2 Å². The Hall–Kier alpha value is -3.82. The van der Waals surface area contributed by atoms with Crippen LogP contribution in [0, 0.1) is 0 Å². The number of nitrogens with zero attached hydrogens (tertiary/aromatic N) is 6. The zero-order valence-electron chi connectivity index (χ0n) is 15.6. The van der Waals surface area contributed by atoms with E-state index in [9.17, 15) is 13.2 Å². The van der Waals surface area contributed by atoms with Crippen LogP contribution in [0.15, 0.2) is 66.3 Å². The van der Waals surface area contributed by atoms with Crippen molar-refractivity contribution >= 4 is 6.21 Å². The number of imidazole rings is 1. The van der Waals surface area contributed by atoms with Crippen molar-refractivity contribution in [2.45, 2.75) is 19.3 Å². The molecule has 0 atom stereocenters. The van der Waals surface area contributed by atoms with Crippen molar-refractivity contribution in [1.82, 2.24) is 29.9 Å². The molecule has 30 heavy (non-hydrogen) atoms. The third-order valence-corrected chi connectivity index (χ3v) is 4.41. The minimum Gasteiger partial charge on any atom is -0.336 e. The maximum absolute atomic E-state index is 12.4. The van der Waals surface area contributed by atoms with Crippen molar-refractivity contribution in [1.29, 1.82) is 0 Å². The zero-order chi connectivity index (χ0) is 21.0. The Labute approximate surface area is 169 Å². The molecule has 10 heteroatoms. The minimum atomic E-state index is -4.58. The largest absolute Gasteiger partial charge is 0.503 e. The van der Waals surface area contributed by atoms with Crippen LogP contribution in [0.3, 0.4) is 0 Å². The summed E-state index contributed by atoms with van der Waals surface area (Å²) in [5.74, 6) is 0. The molecule has 0 spiro atoms. The third-order valence-electron chi connectivity index (χ3n) is 4.41. The number of aromatic amines is 1. The van der Waals surface area contributed by atoms with Crippen LogP contribution in [0.5, 0.6) is 0 Å². The predicted octanol–water partition coefficient (Wildman–Crippen LogP) is 3.91. The highest BCUT2D eigenvalue weighted by Crippen LogP contribution is 2.22. The molecule has 0 aliphatic carbocycles. The van der Waals surface area contributed by atoms with E-state index in [0.29, 0.717) is 35.6 Å². The van der Waals surface area contributed by atoms with Crippen molar-refractivity contribution in [2.24, 2.45) is 4.99 Å². The molecule has 4 aromatic rings. The van der Waals surface area contributed by atoms with Gasteiger partial charge in [0.2, 0.25) is 0 Å². The van der Waals surface area contributed by atoms with E-state index in [4.69, 9.17) is 0 Å². The van der Waals surface area contributed by atoms with Crippen molar-refractivity contribution < 1.29 is 13.2 Å². The summed E-state index contributed by atoms with van der Waals surface area (Å²) < 4.78 is 39.0. The van der Waals surface area contributed by atoms with Crippen molar-refractivity contribution in [3.05, 3.63) is 72.4 Å². The Bertz CT molecular complexity index is 1150. The highest BCUT2D eigenvalue weighted by molar-refractivity contribution is 5.81. The molecule has 0 saturated heterocycles. The van der Waals surface area contributed by atoms with Crippen molar-refractivity contribution in [3.8, 4) is 22.6 Å². The van der Waals surface area contributed by atoms with Gasteiger partial charge < -0.3 is 4.57 Å². The van der Waals surface area contributed by atoms with Crippen molar-refractivity contribution in [2.75, 3.05) is 0 Å². The van der Waals surface area contributed by atoms with Crippen LogP contribution in [0.2, 0.25) is 0 Å². The molecule has 0 aliphatic heterocycles. The van der Waals surface area contributed by atoms with Gasteiger partial charge >= 0.3 is 6.30 Å². The molecule has 1 N–H and O–H groups in total. The minimum absolute atomic E-state index is 0.442. The highest BCUT2D eigenvalue weighted by Gasteiger charge is 2.24. The first-order valence-electron chi connectivity index (χ1n) is 9.02. The van der Waals surface area contributed by atoms with E-state index < -0.39 is 6.30 Å². The fraction of sp³-hybridized carbons (Fsp3) is 0.150. The van der Waals surface area contributed by atoms with Gasteiger partial charge in [-0.25, -0.2) is 4.98 Å². The number of alkyl halides is 3. The maximum atomic E-state index is 12.4. The first-order chi connectivity index (χ1) is 14.5. The lowest BCUT2D eigenvalue weighted by Gasteiger charge is -2.07. The second kappa shape index (κ2) is 8.27. The Balaban J connectivity index is 1.48. The zero-order valence-corrected chi connectivity index (χ0v) is 15.6. The Kier molecular flexibility index (Phi) is 5.38. The lowest BCUT2D eigenvalue weighted by molar-refractivity contribution is -0.119. The Morgan fingerprint density at radius 3 is 2.73 bits per heavy atom. The molecule has 4 rings (SSSR count). The van der Waals surface area contributed by atoms with E-state index in [1.54, 1.807) is 43.0 Å². The fourth-order valence-electron chi connectivity index (χ4n) is 2.97. The summed E-state index contributed by atoms with van der Waals surface area (Å²) in [5.41, 5.74) is 4.15. The number of pyridine rings is 1. The second-order valence-electron chi connectivity index (χ2n) is 6.46. The van der Waals surface area contributed by atoms with Gasteiger partial charge in [-0.15, -0.1) is 13.2 Å². The molecular formula is C20H16F3N7. The molecule has 0 amide bonds. The van der Waals surface area contributed by atoms with Gasteiger partial charge in [-0.1, -0.05) is 24.3 Å². The van der Waals surface area contributed by atoms with Gasteiger partial charge in [0.05, 0.1) is 18.2 Å². The van der Waals surface area contributed by atoms with Crippen LogP contribution in [0.1, 0.15) is 11.1 Å². The maximum Gasteiger partial charge on any atom is 0.503 e. The highest BCUT2D eigenvalue weighted by atomic mass is 19.4. The van der Waals surface area contributed by atoms with Crippen LogP contribution in [-0.2, 0) is 13.0 Å². The van der Waals surface area contributed by atoms with Gasteiger partial charge in [-0.3, -0.25) is 4.98 Å². The fourth-order valence-corrected chi connectivity index (χ4v) is 2.97. The molecule has 7 nitrogen and oxygen atoms in total. The first-order valence-corrected chi connectivity index (χ1v) is 9.02. The Morgan fingerprint density at radius 2 is 1.93 bits per heavy atom. The number of benzene rings is 1. The molecule has 0 bridgehead atoms. The summed E-state index contributed by atoms with van der Waals surface area (Å²) in [6, 6.07) is 10.6. The normalized spacial score (nSPS) is 12.0. The van der Waals surface area contributed by atoms with Gasteiger partial charge in [0.1, 0.15) is 11.4 Å². The molecule has 0 fully saturated rings. The van der Waals surface area contributed by atoms with E-state index >= 15 is 0 Å². The van der Waals surface area contributed by atoms with Crippen LogP contribution in [-0.4, -0.2) is 42.5 Å². The first kappa shape index (κ1) is 19.5. The van der Waals surface area contributed by atoms with Gasteiger partial charge in [-0.05, 0) is 29.7 Å². The molecule has 0 aliphatic rings. The summed E-state index contributed by atoms with van der Waals surface area (Å²) >= 11 is 0. The van der Waals surface area contributed by atoms with Gasteiger partial charge in [0.25, 0.3) is 0 Å². The topological polar surface area (TPSA) is 84.6 Å². The summed E-state index contributed by atoms with van der Waals surface area (Å²) in [7, 11) is 0. The molecule has 1 aromatic carbocycles. The van der Waals surface area contributed by atoms with E-state index in [1.165, 1.54) is 0 Å². The molecule has 0 unspecified atom stereocenters. The van der Waals surface area contributed by atoms with E-state index in [0.717, 1.165) is 17.3 Å². The van der Waals surface area contributed by atoms with Crippen LogP contribution in [0.25, 0.3) is 22.6 Å². The predicted molar refractivity (Wildman–Crippen MR) is 105 cm³/mol. The molecular weight excluding hydrogens is 395 g/mol. The average molecular weight is 411 g/mol. The van der Waals surface area contributed by atoms with Gasteiger partial charge in [0.15, 0.2) is 0 Å². The molecule has 3 aromatic heterocycles. The molecule has 3 heterocycles. The lowest BCUT2D eigenvalue weighted by atomic mass is 10.1. The Morgan fingerprint density at radius 1 is 1.07 bits per heavy atom. The number of nitrogens with one attached hydrogen (secondary N) is 1. The third kappa shape index (κ3) is 4.77.